The molecule has 0 spiro atoms. The van der Waals surface area contributed by atoms with Crippen LogP contribution in [0.1, 0.15) is 13.3 Å². The molecule has 1 rings (SSSR count). The second kappa shape index (κ2) is 8.30. The molecule has 0 aromatic heterocycles. The molecular weight excluding hydrogens is 228 g/mol. The molecule has 0 aliphatic carbocycles. The third-order valence-corrected chi connectivity index (χ3v) is 4.96. The van der Waals surface area contributed by atoms with E-state index in [0.717, 1.165) is 19.5 Å². The maximum Gasteiger partial charge on any atom is 0.233 e. The van der Waals surface area contributed by atoms with Gasteiger partial charge in [-0.05, 0) is 6.42 Å². The maximum atomic E-state index is 11.3. The SMILES string of the molecule is CCCNC(=O)CNCC1CSCCS1. The number of thioether (sulfide) groups is 2. The predicted octanol–water partition coefficient (Wildman–Crippen LogP) is 0.951. The van der Waals surface area contributed by atoms with Gasteiger partial charge in [-0.3, -0.25) is 4.79 Å². The van der Waals surface area contributed by atoms with Gasteiger partial charge < -0.3 is 10.6 Å². The molecule has 1 unspecified atom stereocenters. The molecule has 88 valence electrons. The van der Waals surface area contributed by atoms with Crippen LogP contribution >= 0.6 is 23.5 Å². The fraction of sp³-hybridized carbons (Fsp3) is 0.900. The Morgan fingerprint density at radius 2 is 2.33 bits per heavy atom. The van der Waals surface area contributed by atoms with Gasteiger partial charge in [0.2, 0.25) is 5.91 Å². The smallest absolute Gasteiger partial charge is 0.233 e. The molecule has 1 saturated heterocycles. The summed E-state index contributed by atoms with van der Waals surface area (Å²) in [5.41, 5.74) is 0. The lowest BCUT2D eigenvalue weighted by molar-refractivity contribution is -0.120. The molecule has 1 fully saturated rings. The van der Waals surface area contributed by atoms with Crippen LogP contribution in [0.25, 0.3) is 0 Å². The minimum absolute atomic E-state index is 0.116. The van der Waals surface area contributed by atoms with Crippen molar-refractivity contribution in [2.45, 2.75) is 18.6 Å². The van der Waals surface area contributed by atoms with Gasteiger partial charge in [0.1, 0.15) is 0 Å². The van der Waals surface area contributed by atoms with E-state index < -0.39 is 0 Å². The van der Waals surface area contributed by atoms with Gasteiger partial charge in [-0.15, -0.1) is 0 Å². The number of nitrogens with one attached hydrogen (secondary N) is 2. The van der Waals surface area contributed by atoms with Crippen molar-refractivity contribution in [2.75, 3.05) is 36.9 Å². The average Bonchev–Trinajstić information content (AvgIpc) is 2.28. The Morgan fingerprint density at radius 3 is 3.00 bits per heavy atom. The number of rotatable bonds is 6. The summed E-state index contributed by atoms with van der Waals surface area (Å²) in [5.74, 6) is 3.86. The first kappa shape index (κ1) is 13.2. The number of carbonyl (C=O) groups excluding carboxylic acids is 1. The zero-order chi connectivity index (χ0) is 10.9. The Labute approximate surface area is 101 Å². The third kappa shape index (κ3) is 6.33. The molecule has 1 amide bonds. The van der Waals surface area contributed by atoms with Crippen molar-refractivity contribution in [3.05, 3.63) is 0 Å². The van der Waals surface area contributed by atoms with Crippen molar-refractivity contribution in [3.8, 4) is 0 Å². The van der Waals surface area contributed by atoms with Crippen LogP contribution in [0.2, 0.25) is 0 Å². The standard InChI is InChI=1S/C10H20N2OS2/c1-2-3-12-10(13)7-11-6-9-8-14-4-5-15-9/h9,11H,2-8H2,1H3,(H,12,13). The van der Waals surface area contributed by atoms with E-state index in [-0.39, 0.29) is 5.91 Å². The van der Waals surface area contributed by atoms with E-state index in [0.29, 0.717) is 11.8 Å². The van der Waals surface area contributed by atoms with E-state index in [4.69, 9.17) is 0 Å². The minimum Gasteiger partial charge on any atom is -0.355 e. The number of hydrogen-bond acceptors (Lipinski definition) is 4. The summed E-state index contributed by atoms with van der Waals surface area (Å²) in [4.78, 5) is 11.3. The lowest BCUT2D eigenvalue weighted by atomic mass is 10.4. The topological polar surface area (TPSA) is 41.1 Å². The largest absolute Gasteiger partial charge is 0.355 e. The van der Waals surface area contributed by atoms with Crippen molar-refractivity contribution in [1.82, 2.24) is 10.6 Å². The van der Waals surface area contributed by atoms with Crippen LogP contribution in [-0.4, -0.2) is 48.0 Å². The second-order valence-electron chi connectivity index (χ2n) is 3.55. The molecule has 0 radical (unpaired) electrons. The zero-order valence-electron chi connectivity index (χ0n) is 9.25. The van der Waals surface area contributed by atoms with Gasteiger partial charge in [0, 0.05) is 35.6 Å². The summed E-state index contributed by atoms with van der Waals surface area (Å²) in [6, 6.07) is 0. The molecule has 15 heavy (non-hydrogen) atoms. The quantitative estimate of drug-likeness (QED) is 0.734. The average molecular weight is 248 g/mol. The Morgan fingerprint density at radius 1 is 1.47 bits per heavy atom. The molecule has 1 atom stereocenters. The monoisotopic (exact) mass is 248 g/mol. The molecule has 5 heteroatoms. The maximum absolute atomic E-state index is 11.3. The fourth-order valence-electron chi connectivity index (χ4n) is 1.33. The first-order chi connectivity index (χ1) is 7.33. The van der Waals surface area contributed by atoms with Crippen molar-refractivity contribution in [1.29, 1.82) is 0 Å². The summed E-state index contributed by atoms with van der Waals surface area (Å²) in [5, 5.41) is 6.76. The van der Waals surface area contributed by atoms with Crippen LogP contribution in [0.15, 0.2) is 0 Å². The third-order valence-electron chi connectivity index (χ3n) is 2.11. The molecule has 0 saturated carbocycles. The van der Waals surface area contributed by atoms with Gasteiger partial charge in [0.25, 0.3) is 0 Å². The molecule has 1 aliphatic heterocycles. The lowest BCUT2D eigenvalue weighted by Gasteiger charge is -2.20. The highest BCUT2D eigenvalue weighted by atomic mass is 32.2. The van der Waals surface area contributed by atoms with Crippen LogP contribution in [0.3, 0.4) is 0 Å². The van der Waals surface area contributed by atoms with Crippen molar-refractivity contribution in [2.24, 2.45) is 0 Å². The summed E-state index contributed by atoms with van der Waals surface area (Å²) >= 11 is 4.03. The van der Waals surface area contributed by atoms with Gasteiger partial charge in [0.05, 0.1) is 6.54 Å². The number of carbonyl (C=O) groups is 1. The highest BCUT2D eigenvalue weighted by molar-refractivity contribution is 8.06. The number of hydrogen-bond donors (Lipinski definition) is 2. The predicted molar refractivity (Wildman–Crippen MR) is 69.7 cm³/mol. The molecule has 1 aliphatic rings. The molecule has 0 aromatic carbocycles. The molecule has 0 bridgehead atoms. The van der Waals surface area contributed by atoms with Crippen LogP contribution in [0, 0.1) is 0 Å². The van der Waals surface area contributed by atoms with E-state index in [9.17, 15) is 4.79 Å². The highest BCUT2D eigenvalue weighted by Crippen LogP contribution is 2.22. The molecule has 1 heterocycles. The van der Waals surface area contributed by atoms with E-state index >= 15 is 0 Å². The summed E-state index contributed by atoms with van der Waals surface area (Å²) < 4.78 is 0. The fourth-order valence-corrected chi connectivity index (χ4v) is 3.97. The van der Waals surface area contributed by atoms with Gasteiger partial charge in [-0.25, -0.2) is 0 Å². The zero-order valence-corrected chi connectivity index (χ0v) is 10.9. The van der Waals surface area contributed by atoms with E-state index in [1.54, 1.807) is 0 Å². The van der Waals surface area contributed by atoms with Gasteiger partial charge in [-0.2, -0.15) is 23.5 Å². The Bertz CT molecular complexity index is 184. The van der Waals surface area contributed by atoms with Crippen LogP contribution < -0.4 is 10.6 Å². The molecule has 2 N–H and O–H groups in total. The summed E-state index contributed by atoms with van der Waals surface area (Å²) in [6.07, 6.45) is 1.00. The van der Waals surface area contributed by atoms with E-state index in [2.05, 4.69) is 17.6 Å². The van der Waals surface area contributed by atoms with Gasteiger partial charge in [0.15, 0.2) is 0 Å². The van der Waals surface area contributed by atoms with Crippen LogP contribution in [0.4, 0.5) is 0 Å². The lowest BCUT2D eigenvalue weighted by Crippen LogP contribution is -2.38. The van der Waals surface area contributed by atoms with Crippen molar-refractivity contribution < 1.29 is 4.79 Å². The second-order valence-corrected chi connectivity index (χ2v) is 6.11. The Hall–Kier alpha value is 0.130. The van der Waals surface area contributed by atoms with Gasteiger partial charge >= 0.3 is 0 Å². The Balaban J connectivity index is 1.97. The summed E-state index contributed by atoms with van der Waals surface area (Å²) in [6.45, 7) is 4.26. The summed E-state index contributed by atoms with van der Waals surface area (Å²) in [7, 11) is 0. The van der Waals surface area contributed by atoms with Gasteiger partial charge in [-0.1, -0.05) is 6.92 Å². The highest BCUT2D eigenvalue weighted by Gasteiger charge is 2.13. The van der Waals surface area contributed by atoms with Crippen molar-refractivity contribution >= 4 is 29.4 Å². The normalized spacial score (nSPS) is 21.3. The Kier molecular flexibility index (Phi) is 7.30. The first-order valence-corrected chi connectivity index (χ1v) is 7.70. The number of amides is 1. The van der Waals surface area contributed by atoms with Crippen LogP contribution in [0.5, 0.6) is 0 Å². The first-order valence-electron chi connectivity index (χ1n) is 5.49. The molecule has 0 aromatic rings. The van der Waals surface area contributed by atoms with Crippen LogP contribution in [-0.2, 0) is 4.79 Å². The minimum atomic E-state index is 0.116. The molecular formula is C10H20N2OS2. The molecule has 3 nitrogen and oxygen atoms in total. The van der Waals surface area contributed by atoms with E-state index in [1.165, 1.54) is 17.3 Å². The van der Waals surface area contributed by atoms with Crippen molar-refractivity contribution in [3.63, 3.8) is 0 Å². The van der Waals surface area contributed by atoms with E-state index in [1.807, 2.05) is 23.5 Å².